The van der Waals surface area contributed by atoms with Gasteiger partial charge in [0.2, 0.25) is 17.7 Å². The van der Waals surface area contributed by atoms with E-state index in [1.165, 1.54) is 6.07 Å². The monoisotopic (exact) mass is 975 g/mol. The van der Waals surface area contributed by atoms with E-state index in [-0.39, 0.29) is 42.0 Å². The van der Waals surface area contributed by atoms with Gasteiger partial charge in [-0.25, -0.2) is 0 Å². The maximum atomic E-state index is 13.2. The van der Waals surface area contributed by atoms with Crippen molar-refractivity contribution in [2.45, 2.75) is 44.6 Å². The number of rotatable bonds is 43. The molecule has 0 aromatic heterocycles. The van der Waals surface area contributed by atoms with Gasteiger partial charge in [0.1, 0.15) is 24.7 Å². The van der Waals surface area contributed by atoms with Crippen LogP contribution in [0, 0.1) is 0 Å². The van der Waals surface area contributed by atoms with E-state index >= 15 is 0 Å². The Labute approximate surface area is 403 Å². The lowest BCUT2D eigenvalue weighted by molar-refractivity contribution is -0.136. The fourth-order valence-corrected chi connectivity index (χ4v) is 6.66. The molecule has 0 bridgehead atoms. The molecule has 0 radical (unpaired) electrons. The molecule has 2 aromatic carbocycles. The van der Waals surface area contributed by atoms with E-state index in [1.807, 2.05) is 0 Å². The standard InChI is InChI=1S/C48H69N3O18/c52-37-38-8-10-39(11-9-38)69-36-35-68-34-33-67-32-31-66-30-29-65-28-27-64-26-25-63-24-23-62-22-21-61-20-19-60-18-17-59-16-15-58-14-3-1-2-7-43(53)49-41-6-4-5-40-45(41)48(57)51(47(40)56)42-12-13-44(54)50-46(42)55/h4-6,8-11,37,42H,1-3,7,12-36H2,(H,49,53)(H,50,54,55). The first kappa shape index (κ1) is 56.8. The van der Waals surface area contributed by atoms with Crippen molar-refractivity contribution in [1.29, 1.82) is 0 Å². The Morgan fingerprint density at radius 3 is 1.45 bits per heavy atom. The number of fused-ring (bicyclic) bond motifs is 1. The van der Waals surface area contributed by atoms with E-state index in [0.717, 1.165) is 24.0 Å². The highest BCUT2D eigenvalue weighted by atomic mass is 16.6. The average Bonchev–Trinajstić information content (AvgIpc) is 3.61. The summed E-state index contributed by atoms with van der Waals surface area (Å²) in [5.74, 6) is -2.04. The molecule has 2 N–H and O–H groups in total. The molecule has 2 aliphatic rings. The number of ether oxygens (including phenoxy) is 12. The molecular weight excluding hydrogens is 907 g/mol. The number of hydrogen-bond donors (Lipinski definition) is 2. The van der Waals surface area contributed by atoms with Crippen molar-refractivity contribution in [2.75, 3.05) is 157 Å². The van der Waals surface area contributed by atoms with Crippen molar-refractivity contribution in [1.82, 2.24) is 10.2 Å². The number of piperidine rings is 1. The minimum atomic E-state index is -1.08. The third kappa shape index (κ3) is 23.6. The largest absolute Gasteiger partial charge is 0.491 e. The zero-order valence-corrected chi connectivity index (χ0v) is 39.5. The predicted octanol–water partition coefficient (Wildman–Crippen LogP) is 2.66. The van der Waals surface area contributed by atoms with Gasteiger partial charge < -0.3 is 62.2 Å². The van der Waals surface area contributed by atoms with Crippen LogP contribution in [0.2, 0.25) is 0 Å². The van der Waals surface area contributed by atoms with Crippen LogP contribution in [0.3, 0.4) is 0 Å². The van der Waals surface area contributed by atoms with Crippen LogP contribution in [0.4, 0.5) is 5.69 Å². The lowest BCUT2D eigenvalue weighted by Gasteiger charge is -2.27. The Hall–Kier alpha value is -4.78. The van der Waals surface area contributed by atoms with Crippen LogP contribution in [0.15, 0.2) is 42.5 Å². The number of aldehydes is 1. The Morgan fingerprint density at radius 1 is 0.551 bits per heavy atom. The number of carbonyl (C=O) groups excluding carboxylic acids is 6. The molecule has 0 saturated carbocycles. The highest BCUT2D eigenvalue weighted by molar-refractivity contribution is 6.26. The van der Waals surface area contributed by atoms with E-state index in [0.29, 0.717) is 170 Å². The quantitative estimate of drug-likeness (QED) is 0.0552. The first-order valence-corrected chi connectivity index (χ1v) is 23.6. The molecule has 0 aliphatic carbocycles. The molecule has 21 nitrogen and oxygen atoms in total. The van der Waals surface area contributed by atoms with Gasteiger partial charge in [-0.3, -0.25) is 39.0 Å². The van der Waals surface area contributed by atoms with Gasteiger partial charge in [0.05, 0.1) is 156 Å². The van der Waals surface area contributed by atoms with Crippen LogP contribution >= 0.6 is 0 Å². The third-order valence-corrected chi connectivity index (χ3v) is 10.2. The summed E-state index contributed by atoms with van der Waals surface area (Å²) in [6, 6.07) is 10.4. The summed E-state index contributed by atoms with van der Waals surface area (Å²) in [5, 5.41) is 4.91. The maximum absolute atomic E-state index is 13.2. The summed E-state index contributed by atoms with van der Waals surface area (Å²) in [5.41, 5.74) is 0.977. The van der Waals surface area contributed by atoms with E-state index in [2.05, 4.69) is 10.6 Å². The smallest absolute Gasteiger partial charge is 0.264 e. The zero-order chi connectivity index (χ0) is 49.0. The molecule has 1 fully saturated rings. The fourth-order valence-electron chi connectivity index (χ4n) is 6.66. The van der Waals surface area contributed by atoms with E-state index in [4.69, 9.17) is 56.8 Å². The maximum Gasteiger partial charge on any atom is 0.264 e. The van der Waals surface area contributed by atoms with Crippen LogP contribution in [0.1, 0.15) is 69.6 Å². The number of anilines is 1. The number of hydrogen-bond acceptors (Lipinski definition) is 18. The number of nitrogens with zero attached hydrogens (tertiary/aromatic N) is 1. The molecule has 0 spiro atoms. The van der Waals surface area contributed by atoms with Gasteiger partial charge >= 0.3 is 0 Å². The van der Waals surface area contributed by atoms with E-state index in [9.17, 15) is 28.8 Å². The second-order valence-electron chi connectivity index (χ2n) is 15.3. The van der Waals surface area contributed by atoms with Crippen molar-refractivity contribution in [2.24, 2.45) is 0 Å². The van der Waals surface area contributed by atoms with Gasteiger partial charge in [-0.2, -0.15) is 0 Å². The summed E-state index contributed by atoms with van der Waals surface area (Å²) in [6.45, 7) is 10.6. The van der Waals surface area contributed by atoms with Gasteiger partial charge in [0, 0.05) is 25.0 Å². The van der Waals surface area contributed by atoms with Gasteiger partial charge in [-0.1, -0.05) is 12.5 Å². The molecule has 5 amide bonds. The summed E-state index contributed by atoms with van der Waals surface area (Å²) in [7, 11) is 0. The van der Waals surface area contributed by atoms with Gasteiger partial charge in [0.15, 0.2) is 0 Å². The second-order valence-corrected chi connectivity index (χ2v) is 15.3. The summed E-state index contributed by atoms with van der Waals surface area (Å²) in [4.78, 5) is 74.3. The lowest BCUT2D eigenvalue weighted by atomic mass is 10.0. The number of imide groups is 2. The van der Waals surface area contributed by atoms with E-state index in [1.54, 1.807) is 36.4 Å². The van der Waals surface area contributed by atoms with Crippen molar-refractivity contribution >= 4 is 41.5 Å². The summed E-state index contributed by atoms with van der Waals surface area (Å²) < 4.78 is 66.1. The average molecular weight is 976 g/mol. The van der Waals surface area contributed by atoms with Gasteiger partial charge in [-0.15, -0.1) is 0 Å². The van der Waals surface area contributed by atoms with Crippen LogP contribution in [-0.2, 0) is 66.5 Å². The molecule has 21 heteroatoms. The van der Waals surface area contributed by atoms with E-state index < -0.39 is 29.7 Å². The number of carbonyl (C=O) groups is 6. The van der Waals surface area contributed by atoms with Gasteiger partial charge in [-0.05, 0) is 55.7 Å². The van der Waals surface area contributed by atoms with Gasteiger partial charge in [0.25, 0.3) is 11.8 Å². The van der Waals surface area contributed by atoms with Crippen LogP contribution < -0.4 is 15.4 Å². The first-order valence-electron chi connectivity index (χ1n) is 23.6. The predicted molar refractivity (Wildman–Crippen MR) is 247 cm³/mol. The fraction of sp³-hybridized carbons (Fsp3) is 0.625. The number of unbranched alkanes of at least 4 members (excludes halogenated alkanes) is 2. The molecular formula is C48H69N3O18. The van der Waals surface area contributed by atoms with Crippen molar-refractivity contribution in [3.8, 4) is 5.75 Å². The molecule has 2 heterocycles. The molecule has 384 valence electrons. The second kappa shape index (κ2) is 36.2. The molecule has 1 unspecified atom stereocenters. The minimum Gasteiger partial charge on any atom is -0.491 e. The first-order chi connectivity index (χ1) is 33.9. The van der Waals surface area contributed by atoms with Crippen LogP contribution in [-0.4, -0.2) is 199 Å². The van der Waals surface area contributed by atoms with Crippen molar-refractivity contribution in [3.05, 3.63) is 59.2 Å². The summed E-state index contributed by atoms with van der Waals surface area (Å²) in [6.07, 6.45) is 3.21. The van der Waals surface area contributed by atoms with Crippen LogP contribution in [0.25, 0.3) is 0 Å². The molecule has 69 heavy (non-hydrogen) atoms. The Bertz CT molecular complexity index is 1800. The number of amides is 5. The third-order valence-electron chi connectivity index (χ3n) is 10.2. The Kier molecular flexibility index (Phi) is 29.8. The molecule has 2 aromatic rings. The van der Waals surface area contributed by atoms with Crippen LogP contribution in [0.5, 0.6) is 5.75 Å². The molecule has 2 aliphatic heterocycles. The number of nitrogens with one attached hydrogen (secondary N) is 2. The SMILES string of the molecule is O=Cc1ccc(OCCOCCOCCOCCOCCOCCOCCOCCOCCOCCOCCOCCCCCC(=O)Nc2cccc3c2C(=O)N(C2CCC(=O)NC2=O)C3=O)cc1. The Balaban J connectivity index is 0.791. The van der Waals surface area contributed by atoms with Crippen molar-refractivity contribution < 1.29 is 85.6 Å². The minimum absolute atomic E-state index is 0.0242. The highest BCUT2D eigenvalue weighted by Gasteiger charge is 2.45. The van der Waals surface area contributed by atoms with Crippen molar-refractivity contribution in [3.63, 3.8) is 0 Å². The lowest BCUT2D eigenvalue weighted by Crippen LogP contribution is -2.54. The zero-order valence-electron chi connectivity index (χ0n) is 39.5. The molecule has 1 saturated heterocycles. The normalized spacial score (nSPS) is 14.6. The molecule has 4 rings (SSSR count). The number of benzene rings is 2. The Morgan fingerprint density at radius 2 is 1.00 bits per heavy atom. The topological polar surface area (TPSA) is 240 Å². The highest BCUT2D eigenvalue weighted by Crippen LogP contribution is 2.32. The summed E-state index contributed by atoms with van der Waals surface area (Å²) >= 11 is 0. The molecule has 1 atom stereocenters.